The first kappa shape index (κ1) is 14.5. The van der Waals surface area contributed by atoms with Crippen LogP contribution < -0.4 is 0 Å². The summed E-state index contributed by atoms with van der Waals surface area (Å²) in [5.74, 6) is 0.362. The summed E-state index contributed by atoms with van der Waals surface area (Å²) < 4.78 is 0. The van der Waals surface area contributed by atoms with Gasteiger partial charge in [0.2, 0.25) is 0 Å². The average Bonchev–Trinajstić information content (AvgIpc) is 2.97. The van der Waals surface area contributed by atoms with Crippen molar-refractivity contribution in [3.63, 3.8) is 0 Å². The average molecular weight is 308 g/mol. The lowest BCUT2D eigenvalue weighted by molar-refractivity contribution is 0.0997. The third-order valence-corrected chi connectivity index (χ3v) is 4.63. The van der Waals surface area contributed by atoms with Gasteiger partial charge in [0, 0.05) is 11.3 Å². The molecule has 2 aromatic carbocycles. The van der Waals surface area contributed by atoms with E-state index in [2.05, 4.69) is 0 Å². The first-order valence-corrected chi connectivity index (χ1v) is 7.91. The Morgan fingerprint density at radius 1 is 1.05 bits per heavy atom. The van der Waals surface area contributed by atoms with Crippen molar-refractivity contribution >= 4 is 17.1 Å². The highest BCUT2D eigenvalue weighted by atomic mass is 32.1. The van der Waals surface area contributed by atoms with Gasteiger partial charge in [0.15, 0.2) is 5.78 Å². The van der Waals surface area contributed by atoms with E-state index in [4.69, 9.17) is 0 Å². The van der Waals surface area contributed by atoms with Crippen LogP contribution in [-0.4, -0.2) is 10.9 Å². The van der Waals surface area contributed by atoms with Gasteiger partial charge in [-0.15, -0.1) is 11.3 Å². The maximum absolute atomic E-state index is 12.4. The van der Waals surface area contributed by atoms with Crippen LogP contribution in [0.4, 0.5) is 0 Å². The lowest BCUT2D eigenvalue weighted by atomic mass is 10.1. The molecule has 1 heterocycles. The molecule has 0 aliphatic carbocycles. The van der Waals surface area contributed by atoms with Crippen LogP contribution >= 0.6 is 11.3 Å². The summed E-state index contributed by atoms with van der Waals surface area (Å²) in [6.45, 7) is 2.03. The quantitative estimate of drug-likeness (QED) is 0.699. The number of carbonyl (C=O) groups is 1. The molecule has 0 amide bonds. The third kappa shape index (κ3) is 3.26. The molecule has 3 heteroatoms. The molecule has 110 valence electrons. The molecule has 2 nitrogen and oxygen atoms in total. The molecule has 0 spiro atoms. The summed E-state index contributed by atoms with van der Waals surface area (Å²) in [4.78, 5) is 14.1. The van der Waals surface area contributed by atoms with E-state index in [0.29, 0.717) is 6.42 Å². The van der Waals surface area contributed by atoms with Crippen molar-refractivity contribution in [2.24, 2.45) is 0 Å². The fourth-order valence-electron chi connectivity index (χ4n) is 2.40. The minimum Gasteiger partial charge on any atom is -0.508 e. The number of ketones is 1. The van der Waals surface area contributed by atoms with E-state index in [1.54, 1.807) is 18.2 Å². The number of hydrogen-bond acceptors (Lipinski definition) is 3. The van der Waals surface area contributed by atoms with Crippen molar-refractivity contribution in [1.29, 1.82) is 0 Å². The van der Waals surface area contributed by atoms with E-state index in [1.807, 2.05) is 49.4 Å². The van der Waals surface area contributed by atoms with Crippen molar-refractivity contribution < 1.29 is 9.90 Å². The van der Waals surface area contributed by atoms with Crippen LogP contribution in [0.25, 0.3) is 10.4 Å². The SMILES string of the molecule is Cc1cccc(CC(=O)c2ccc(-c3cccc(O)c3)s2)c1. The topological polar surface area (TPSA) is 37.3 Å². The molecule has 0 atom stereocenters. The van der Waals surface area contributed by atoms with Crippen molar-refractivity contribution in [3.8, 4) is 16.2 Å². The summed E-state index contributed by atoms with van der Waals surface area (Å²) in [5.41, 5.74) is 3.13. The van der Waals surface area contributed by atoms with Gasteiger partial charge < -0.3 is 5.11 Å². The summed E-state index contributed by atoms with van der Waals surface area (Å²) >= 11 is 1.47. The normalized spacial score (nSPS) is 10.6. The highest BCUT2D eigenvalue weighted by molar-refractivity contribution is 7.17. The maximum Gasteiger partial charge on any atom is 0.177 e. The Kier molecular flexibility index (Phi) is 4.07. The Balaban J connectivity index is 1.80. The fraction of sp³-hybridized carbons (Fsp3) is 0.105. The fourth-order valence-corrected chi connectivity index (χ4v) is 3.34. The van der Waals surface area contributed by atoms with Gasteiger partial charge in [-0.2, -0.15) is 0 Å². The Bertz CT molecular complexity index is 818. The second-order valence-corrected chi connectivity index (χ2v) is 6.39. The predicted octanol–water partition coefficient (Wildman–Crippen LogP) is 4.85. The molecule has 0 fully saturated rings. The second-order valence-electron chi connectivity index (χ2n) is 5.30. The van der Waals surface area contributed by atoms with Crippen LogP contribution in [0, 0.1) is 6.92 Å². The largest absolute Gasteiger partial charge is 0.508 e. The molecule has 1 N–H and O–H groups in total. The molecule has 0 radical (unpaired) electrons. The molecule has 3 aromatic rings. The number of rotatable bonds is 4. The highest BCUT2D eigenvalue weighted by Crippen LogP contribution is 2.30. The number of aryl methyl sites for hydroxylation is 1. The van der Waals surface area contributed by atoms with E-state index in [9.17, 15) is 9.90 Å². The van der Waals surface area contributed by atoms with E-state index < -0.39 is 0 Å². The van der Waals surface area contributed by atoms with E-state index in [0.717, 1.165) is 26.4 Å². The van der Waals surface area contributed by atoms with Crippen LogP contribution in [0.3, 0.4) is 0 Å². The van der Waals surface area contributed by atoms with Gasteiger partial charge in [0.25, 0.3) is 0 Å². The Labute approximate surface area is 133 Å². The summed E-state index contributed by atoms with van der Waals surface area (Å²) in [6.07, 6.45) is 0.418. The number of aromatic hydroxyl groups is 1. The molecule has 0 aliphatic rings. The Hall–Kier alpha value is -2.39. The molecule has 0 saturated carbocycles. The second kappa shape index (κ2) is 6.16. The number of thiophene rings is 1. The first-order valence-electron chi connectivity index (χ1n) is 7.10. The molecular weight excluding hydrogens is 292 g/mol. The zero-order valence-electron chi connectivity index (χ0n) is 12.2. The lowest BCUT2D eigenvalue weighted by Crippen LogP contribution is -2.01. The van der Waals surface area contributed by atoms with Gasteiger partial charge in [0.1, 0.15) is 5.75 Å². The van der Waals surface area contributed by atoms with Crippen LogP contribution in [0.2, 0.25) is 0 Å². The van der Waals surface area contributed by atoms with Gasteiger partial charge in [-0.1, -0.05) is 42.0 Å². The molecule has 1 aromatic heterocycles. The lowest BCUT2D eigenvalue weighted by Gasteiger charge is -2.01. The molecule has 22 heavy (non-hydrogen) atoms. The summed E-state index contributed by atoms with van der Waals surface area (Å²) in [5, 5.41) is 9.55. The van der Waals surface area contributed by atoms with Gasteiger partial charge in [-0.3, -0.25) is 4.79 Å². The number of Topliss-reactive ketones (excluding diaryl/α,β-unsaturated/α-hetero) is 1. The molecule has 0 saturated heterocycles. The number of benzene rings is 2. The number of phenols is 1. The van der Waals surface area contributed by atoms with Gasteiger partial charge in [-0.05, 0) is 42.3 Å². The summed E-state index contributed by atoms with van der Waals surface area (Å²) in [6, 6.07) is 18.9. The Morgan fingerprint density at radius 3 is 2.64 bits per heavy atom. The predicted molar refractivity (Wildman–Crippen MR) is 90.6 cm³/mol. The van der Waals surface area contributed by atoms with Crippen molar-refractivity contribution in [3.05, 3.63) is 76.7 Å². The van der Waals surface area contributed by atoms with Crippen molar-refractivity contribution in [1.82, 2.24) is 0 Å². The number of hydrogen-bond donors (Lipinski definition) is 1. The van der Waals surface area contributed by atoms with E-state index in [-0.39, 0.29) is 11.5 Å². The smallest absolute Gasteiger partial charge is 0.177 e. The van der Waals surface area contributed by atoms with Gasteiger partial charge in [0.05, 0.1) is 4.88 Å². The minimum absolute atomic E-state index is 0.127. The molecule has 3 rings (SSSR count). The minimum atomic E-state index is 0.127. The van der Waals surface area contributed by atoms with Crippen molar-refractivity contribution in [2.75, 3.05) is 0 Å². The number of phenolic OH excluding ortho intramolecular Hbond substituents is 1. The zero-order chi connectivity index (χ0) is 15.5. The number of carbonyl (C=O) groups excluding carboxylic acids is 1. The van der Waals surface area contributed by atoms with Crippen LogP contribution in [0.1, 0.15) is 20.8 Å². The molecule has 0 bridgehead atoms. The van der Waals surface area contributed by atoms with Gasteiger partial charge >= 0.3 is 0 Å². The van der Waals surface area contributed by atoms with E-state index in [1.165, 1.54) is 11.3 Å². The monoisotopic (exact) mass is 308 g/mol. The van der Waals surface area contributed by atoms with Crippen LogP contribution in [-0.2, 0) is 6.42 Å². The first-order chi connectivity index (χ1) is 10.6. The Morgan fingerprint density at radius 2 is 1.86 bits per heavy atom. The highest BCUT2D eigenvalue weighted by Gasteiger charge is 2.11. The van der Waals surface area contributed by atoms with Gasteiger partial charge in [-0.25, -0.2) is 0 Å². The van der Waals surface area contributed by atoms with Crippen molar-refractivity contribution in [2.45, 2.75) is 13.3 Å². The standard InChI is InChI=1S/C19H16O2S/c1-13-4-2-5-14(10-13)11-17(21)19-9-8-18(22-19)15-6-3-7-16(20)12-15/h2-10,12,20H,11H2,1H3. The maximum atomic E-state index is 12.4. The third-order valence-electron chi connectivity index (χ3n) is 3.46. The van der Waals surface area contributed by atoms with E-state index >= 15 is 0 Å². The molecule has 0 unspecified atom stereocenters. The zero-order valence-corrected chi connectivity index (χ0v) is 13.1. The van der Waals surface area contributed by atoms with Crippen LogP contribution in [0.15, 0.2) is 60.7 Å². The molecule has 0 aliphatic heterocycles. The van der Waals surface area contributed by atoms with Crippen LogP contribution in [0.5, 0.6) is 5.75 Å². The summed E-state index contributed by atoms with van der Waals surface area (Å²) in [7, 11) is 0. The molecular formula is C19H16O2S.